The van der Waals surface area contributed by atoms with Gasteiger partial charge in [-0.3, -0.25) is 0 Å². The van der Waals surface area contributed by atoms with Crippen LogP contribution in [-0.4, -0.2) is 64.5 Å². The Morgan fingerprint density at radius 2 is 1.60 bits per heavy atom. The fraction of sp³-hybridized carbons (Fsp3) is 1.00. The molecule has 0 fully saturated rings. The van der Waals surface area contributed by atoms with Gasteiger partial charge >= 0.3 is 67.7 Å². The van der Waals surface area contributed by atoms with Crippen LogP contribution in [0.5, 0.6) is 0 Å². The Bertz CT molecular complexity index is 111. The van der Waals surface area contributed by atoms with Gasteiger partial charge in [0.2, 0.25) is 0 Å². The summed E-state index contributed by atoms with van der Waals surface area (Å²) in [6.45, 7) is 4.46. The fourth-order valence-electron chi connectivity index (χ4n) is 0.353. The van der Waals surface area contributed by atoms with Crippen molar-refractivity contribution >= 4 is 56.6 Å². The van der Waals surface area contributed by atoms with Crippen LogP contribution in [0.3, 0.4) is 0 Å². The second-order valence-corrected chi connectivity index (χ2v) is 6.52. The maximum Gasteiger partial charge on any atom is 0 e. The fourth-order valence-corrected chi connectivity index (χ4v) is 2.87. The molecule has 0 amide bonds. The zero-order chi connectivity index (χ0) is 7.33. The summed E-state index contributed by atoms with van der Waals surface area (Å²) in [7, 11) is 0. The molecule has 3 nitrogen and oxygen atoms in total. The Hall–Kier alpha value is 1.94. The van der Waals surface area contributed by atoms with E-state index in [4.69, 9.17) is 9.05 Å². The Morgan fingerprint density at radius 1 is 1.30 bits per heavy atom. The third-order valence-corrected chi connectivity index (χ3v) is 3.53. The van der Waals surface area contributed by atoms with Crippen LogP contribution >= 0.6 is 5.29 Å². The average Bonchev–Trinajstić information content (AvgIpc) is 1.64. The van der Waals surface area contributed by atoms with Gasteiger partial charge < -0.3 is 0 Å². The molecular weight excluding hydrogens is 278 g/mol. The first-order valence-corrected chi connectivity index (χ1v) is 7.31. The molecule has 0 saturated carbocycles. The molecule has 0 atom stereocenters. The topological polar surface area (TPSA) is 35.5 Å². The molecule has 56 valence electrons. The van der Waals surface area contributed by atoms with Gasteiger partial charge in [0.15, 0.2) is 0 Å². The van der Waals surface area contributed by atoms with Crippen LogP contribution in [0.25, 0.3) is 0 Å². The van der Waals surface area contributed by atoms with E-state index < -0.39 is 5.29 Å². The minimum Gasteiger partial charge on any atom is 0 e. The van der Waals surface area contributed by atoms with Crippen LogP contribution in [0.4, 0.5) is 0 Å². The van der Waals surface area contributed by atoms with Crippen molar-refractivity contribution in [1.29, 1.82) is 0 Å². The van der Waals surface area contributed by atoms with Crippen LogP contribution < -0.4 is 0 Å². The normalized spacial score (nSPS) is 10.7. The maximum atomic E-state index is 11.0. The van der Waals surface area contributed by atoms with Crippen LogP contribution in [0.1, 0.15) is 13.8 Å². The summed E-state index contributed by atoms with van der Waals surface area (Å²) in [5, 5.41) is -2.68. The maximum absolute atomic E-state index is 11.0. The van der Waals surface area contributed by atoms with Crippen molar-refractivity contribution in [2.45, 2.75) is 13.8 Å². The molecule has 2 radical (unpaired) electrons. The molecule has 10 heavy (non-hydrogen) atoms. The third kappa shape index (κ3) is 8.04. The van der Waals surface area contributed by atoms with E-state index in [0.29, 0.717) is 13.2 Å². The van der Waals surface area contributed by atoms with Crippen LogP contribution in [0.15, 0.2) is 0 Å². The van der Waals surface area contributed by atoms with Gasteiger partial charge in [0.1, 0.15) is 0 Å². The van der Waals surface area contributed by atoms with Crippen molar-refractivity contribution in [3.63, 3.8) is 0 Å². The number of rotatable bonds is 4. The standard InChI is InChI=1S/C4H10O3PTe.Na/c1-3-6-8(5,9)7-4-2;/h3-4H2,1-2H3;. The molecule has 0 heterocycles. The average molecular weight is 288 g/mol. The molecule has 0 bridgehead atoms. The minimum atomic E-state index is -2.68. The van der Waals surface area contributed by atoms with Gasteiger partial charge in [-0.25, -0.2) is 0 Å². The molecule has 0 aliphatic rings. The Kier molecular flexibility index (Phi) is 11.0. The molecule has 0 aromatic heterocycles. The minimum absolute atomic E-state index is 0. The molecule has 0 aliphatic carbocycles. The molecule has 0 unspecified atom stereocenters. The van der Waals surface area contributed by atoms with Crippen molar-refractivity contribution in [3.8, 4) is 0 Å². The van der Waals surface area contributed by atoms with Crippen molar-refractivity contribution in [1.82, 2.24) is 0 Å². The Balaban J connectivity index is 0. The van der Waals surface area contributed by atoms with Crippen molar-refractivity contribution < 1.29 is 13.6 Å². The van der Waals surface area contributed by atoms with E-state index in [9.17, 15) is 4.57 Å². The van der Waals surface area contributed by atoms with Gasteiger partial charge in [0, 0.05) is 29.6 Å². The smallest absolute Gasteiger partial charge is 0 e. The van der Waals surface area contributed by atoms with Crippen molar-refractivity contribution in [2.75, 3.05) is 13.2 Å². The molecule has 0 aliphatic heterocycles. The zero-order valence-corrected chi connectivity index (χ0v) is 11.7. The zero-order valence-electron chi connectivity index (χ0n) is 6.49. The van der Waals surface area contributed by atoms with E-state index >= 15 is 0 Å². The van der Waals surface area contributed by atoms with Crippen LogP contribution in [-0.2, 0) is 13.6 Å². The molecule has 0 aromatic rings. The SMILES string of the molecule is CCOP(=O)([Te])OCC.[Na]. The summed E-state index contributed by atoms with van der Waals surface area (Å²) in [5.74, 6) is 0. The predicted molar refractivity (Wildman–Crippen MR) is 42.4 cm³/mol. The van der Waals surface area contributed by atoms with E-state index in [-0.39, 0.29) is 29.6 Å². The first kappa shape index (κ1) is 14.5. The van der Waals surface area contributed by atoms with Crippen molar-refractivity contribution in [2.24, 2.45) is 0 Å². The van der Waals surface area contributed by atoms with Gasteiger partial charge in [-0.2, -0.15) is 0 Å². The summed E-state index contributed by atoms with van der Waals surface area (Å²) in [6.07, 6.45) is 0. The van der Waals surface area contributed by atoms with Gasteiger partial charge in [0.25, 0.3) is 0 Å². The van der Waals surface area contributed by atoms with Crippen molar-refractivity contribution in [3.05, 3.63) is 0 Å². The molecule has 0 saturated heterocycles. The van der Waals surface area contributed by atoms with E-state index in [0.717, 1.165) is 0 Å². The summed E-state index contributed by atoms with van der Waals surface area (Å²) in [4.78, 5) is 0. The third-order valence-electron chi connectivity index (χ3n) is 0.574. The second-order valence-electron chi connectivity index (χ2n) is 1.28. The summed E-state index contributed by atoms with van der Waals surface area (Å²) >= 11 is 1.40. The number of hydrogen-bond acceptors (Lipinski definition) is 3. The first-order chi connectivity index (χ1) is 4.12. The monoisotopic (exact) mass is 290 g/mol. The van der Waals surface area contributed by atoms with E-state index in [1.54, 1.807) is 13.8 Å². The quantitative estimate of drug-likeness (QED) is 0.571. The van der Waals surface area contributed by atoms with Gasteiger partial charge in [-0.05, 0) is 0 Å². The Labute approximate surface area is 96.3 Å². The molecule has 0 aromatic carbocycles. The van der Waals surface area contributed by atoms with E-state index in [1.807, 2.05) is 0 Å². The van der Waals surface area contributed by atoms with E-state index in [1.165, 1.54) is 21.7 Å². The van der Waals surface area contributed by atoms with Gasteiger partial charge in [-0.15, -0.1) is 0 Å². The largest absolute Gasteiger partial charge is 0 e. The molecule has 0 rings (SSSR count). The van der Waals surface area contributed by atoms with Gasteiger partial charge in [-0.1, -0.05) is 0 Å². The first-order valence-electron chi connectivity index (χ1n) is 2.72. The van der Waals surface area contributed by atoms with E-state index in [2.05, 4.69) is 0 Å². The van der Waals surface area contributed by atoms with Crippen LogP contribution in [0, 0.1) is 0 Å². The Morgan fingerprint density at radius 3 is 1.80 bits per heavy atom. The summed E-state index contributed by atoms with van der Waals surface area (Å²) in [6, 6.07) is 0. The summed E-state index contributed by atoms with van der Waals surface area (Å²) in [5.41, 5.74) is 0. The predicted octanol–water partition coefficient (Wildman–Crippen LogP) is 0.955. The summed E-state index contributed by atoms with van der Waals surface area (Å²) < 4.78 is 20.6. The van der Waals surface area contributed by atoms with Gasteiger partial charge in [0.05, 0.1) is 0 Å². The molecule has 0 N–H and O–H groups in total. The van der Waals surface area contributed by atoms with Crippen LogP contribution in [0.2, 0.25) is 0 Å². The molecule has 6 heteroatoms. The number of hydrogen-bond donors (Lipinski definition) is 0. The molecule has 0 spiro atoms. The molecular formula is C4H10NaO3PTe. The second kappa shape index (κ2) is 7.58.